The maximum atomic E-state index is 13.6. The van der Waals surface area contributed by atoms with Crippen molar-refractivity contribution in [3.05, 3.63) is 106 Å². The normalized spacial score (nSPS) is 14.4. The number of alkyl halides is 3. The fraction of sp³-hybridized carbons (Fsp3) is 0.242. The number of amides is 1. The molecule has 9 heteroatoms. The van der Waals surface area contributed by atoms with E-state index in [9.17, 15) is 18.0 Å². The van der Waals surface area contributed by atoms with Crippen molar-refractivity contribution in [1.29, 1.82) is 0 Å². The van der Waals surface area contributed by atoms with Gasteiger partial charge in [-0.15, -0.1) is 11.3 Å². The van der Waals surface area contributed by atoms with Gasteiger partial charge in [-0.1, -0.05) is 60.7 Å². The number of thiazole rings is 1. The second kappa shape index (κ2) is 11.2. The van der Waals surface area contributed by atoms with Gasteiger partial charge in [-0.3, -0.25) is 4.79 Å². The molecule has 42 heavy (non-hydrogen) atoms. The highest BCUT2D eigenvalue weighted by Crippen LogP contribution is 2.36. The molecule has 0 saturated carbocycles. The van der Waals surface area contributed by atoms with Crippen LogP contribution in [-0.4, -0.2) is 38.4 Å². The van der Waals surface area contributed by atoms with Crippen LogP contribution >= 0.6 is 11.3 Å². The van der Waals surface area contributed by atoms with Gasteiger partial charge in [0, 0.05) is 48.3 Å². The summed E-state index contributed by atoms with van der Waals surface area (Å²) in [4.78, 5) is 25.3. The molecule has 0 unspecified atom stereocenters. The topological polar surface area (TPSA) is 51.0 Å². The minimum Gasteiger partial charge on any atom is -0.339 e. The number of halogens is 3. The third kappa shape index (κ3) is 5.36. The van der Waals surface area contributed by atoms with Crippen molar-refractivity contribution in [1.82, 2.24) is 19.4 Å². The van der Waals surface area contributed by atoms with Crippen LogP contribution in [0.15, 0.2) is 84.2 Å². The molecule has 1 aliphatic heterocycles. The number of benzene rings is 3. The number of nitrogens with zero attached hydrogens (tertiary/aromatic N) is 4. The molecule has 2 aromatic heterocycles. The number of hydrogen-bond donors (Lipinski definition) is 0. The van der Waals surface area contributed by atoms with E-state index in [2.05, 4.69) is 29.0 Å². The van der Waals surface area contributed by atoms with Gasteiger partial charge < -0.3 is 9.47 Å². The zero-order valence-electron chi connectivity index (χ0n) is 23.2. The van der Waals surface area contributed by atoms with E-state index in [-0.39, 0.29) is 11.8 Å². The SMILES string of the molecule is Cc1c(-c2ccccc2)nc(-c2csc(C3CCN(C(=O)c4ccccc4-c4ccc(C(F)(F)F)cc4)CC3)n2)n1C. The Morgan fingerprint density at radius 3 is 2.24 bits per heavy atom. The molecule has 3 aromatic carbocycles. The Hall–Kier alpha value is -4.24. The van der Waals surface area contributed by atoms with Gasteiger partial charge in [0.2, 0.25) is 0 Å². The molecule has 0 aliphatic carbocycles. The number of aromatic nitrogens is 3. The second-order valence-electron chi connectivity index (χ2n) is 10.6. The van der Waals surface area contributed by atoms with Crippen LogP contribution in [0.4, 0.5) is 13.2 Å². The fourth-order valence-corrected chi connectivity index (χ4v) is 6.49. The number of piperidine rings is 1. The average molecular weight is 587 g/mol. The summed E-state index contributed by atoms with van der Waals surface area (Å²) in [6.45, 7) is 3.23. The molecule has 1 saturated heterocycles. The summed E-state index contributed by atoms with van der Waals surface area (Å²) in [6, 6.07) is 22.2. The van der Waals surface area contributed by atoms with Crippen molar-refractivity contribution in [2.24, 2.45) is 7.05 Å². The van der Waals surface area contributed by atoms with Crippen molar-refractivity contribution >= 4 is 17.2 Å². The molecular formula is C33H29F3N4OS. The average Bonchev–Trinajstić information content (AvgIpc) is 3.62. The van der Waals surface area contributed by atoms with Crippen molar-refractivity contribution in [2.45, 2.75) is 31.9 Å². The predicted molar refractivity (Wildman–Crippen MR) is 159 cm³/mol. The number of likely N-dealkylation sites (tertiary alicyclic amines) is 1. The van der Waals surface area contributed by atoms with Crippen molar-refractivity contribution in [3.8, 4) is 33.9 Å². The quantitative estimate of drug-likeness (QED) is 0.209. The summed E-state index contributed by atoms with van der Waals surface area (Å²) in [5.74, 6) is 0.968. The van der Waals surface area contributed by atoms with Crippen LogP contribution in [0.5, 0.6) is 0 Å². The summed E-state index contributed by atoms with van der Waals surface area (Å²) < 4.78 is 41.2. The lowest BCUT2D eigenvalue weighted by Crippen LogP contribution is -2.38. The number of imidazole rings is 1. The maximum absolute atomic E-state index is 13.6. The third-order valence-corrected chi connectivity index (χ3v) is 9.00. The van der Waals surface area contributed by atoms with Crippen LogP contribution < -0.4 is 0 Å². The standard InChI is InChI=1S/C33H29F3N4OS/c1-21-29(23-8-4-3-5-9-23)38-30(39(21)2)28-20-42-31(37-28)24-16-18-40(19-17-24)32(41)27-11-7-6-10-26(27)22-12-14-25(15-13-22)33(34,35)36/h3-15,20,24H,16-19H2,1-2H3. The molecule has 1 fully saturated rings. The van der Waals surface area contributed by atoms with Crippen LogP contribution in [0.1, 0.15) is 45.4 Å². The first-order chi connectivity index (χ1) is 20.2. The molecule has 3 heterocycles. The number of carbonyl (C=O) groups excluding carboxylic acids is 1. The van der Waals surface area contributed by atoms with E-state index in [1.54, 1.807) is 35.6 Å². The summed E-state index contributed by atoms with van der Waals surface area (Å²) in [5.41, 5.74) is 4.94. The van der Waals surface area contributed by atoms with Crippen LogP contribution in [0.25, 0.3) is 33.9 Å². The Balaban J connectivity index is 1.15. The monoisotopic (exact) mass is 586 g/mol. The number of carbonyl (C=O) groups is 1. The number of hydrogen-bond acceptors (Lipinski definition) is 4. The molecule has 0 N–H and O–H groups in total. The highest BCUT2D eigenvalue weighted by atomic mass is 32.1. The Morgan fingerprint density at radius 1 is 0.881 bits per heavy atom. The van der Waals surface area contributed by atoms with E-state index in [0.29, 0.717) is 29.8 Å². The molecule has 0 radical (unpaired) electrons. The molecular weight excluding hydrogens is 557 g/mol. The smallest absolute Gasteiger partial charge is 0.339 e. The van der Waals surface area contributed by atoms with Gasteiger partial charge in [-0.25, -0.2) is 9.97 Å². The predicted octanol–water partition coefficient (Wildman–Crippen LogP) is 8.22. The third-order valence-electron chi connectivity index (χ3n) is 7.99. The molecule has 5 nitrogen and oxygen atoms in total. The fourth-order valence-electron chi connectivity index (χ4n) is 5.52. The minimum absolute atomic E-state index is 0.110. The lowest BCUT2D eigenvalue weighted by atomic mass is 9.94. The molecule has 214 valence electrons. The first-order valence-electron chi connectivity index (χ1n) is 13.8. The van der Waals surface area contributed by atoms with Crippen LogP contribution in [0, 0.1) is 6.92 Å². The molecule has 1 aliphatic rings. The summed E-state index contributed by atoms with van der Waals surface area (Å²) >= 11 is 1.63. The summed E-state index contributed by atoms with van der Waals surface area (Å²) in [6.07, 6.45) is -2.83. The van der Waals surface area contributed by atoms with Gasteiger partial charge in [0.1, 0.15) is 5.69 Å². The lowest BCUT2D eigenvalue weighted by molar-refractivity contribution is -0.137. The summed E-state index contributed by atoms with van der Waals surface area (Å²) in [5, 5.41) is 3.10. The van der Waals surface area contributed by atoms with Crippen molar-refractivity contribution in [3.63, 3.8) is 0 Å². The van der Waals surface area contributed by atoms with Gasteiger partial charge >= 0.3 is 6.18 Å². The van der Waals surface area contributed by atoms with Gasteiger partial charge in [-0.2, -0.15) is 13.2 Å². The van der Waals surface area contributed by atoms with Gasteiger partial charge in [0.25, 0.3) is 5.91 Å². The molecule has 0 bridgehead atoms. The molecule has 1 amide bonds. The summed E-state index contributed by atoms with van der Waals surface area (Å²) in [7, 11) is 2.01. The maximum Gasteiger partial charge on any atom is 0.416 e. The van der Waals surface area contributed by atoms with E-state index in [0.717, 1.165) is 58.5 Å². The zero-order valence-corrected chi connectivity index (χ0v) is 24.0. The highest BCUT2D eigenvalue weighted by molar-refractivity contribution is 7.10. The van der Waals surface area contributed by atoms with E-state index in [1.807, 2.05) is 30.1 Å². The second-order valence-corrected chi connectivity index (χ2v) is 11.4. The van der Waals surface area contributed by atoms with E-state index in [1.165, 1.54) is 12.1 Å². The largest absolute Gasteiger partial charge is 0.416 e. The van der Waals surface area contributed by atoms with Crippen LogP contribution in [0.2, 0.25) is 0 Å². The molecule has 0 spiro atoms. The zero-order chi connectivity index (χ0) is 29.4. The molecule has 0 atom stereocenters. The van der Waals surface area contributed by atoms with Gasteiger partial charge in [0.15, 0.2) is 5.82 Å². The number of rotatable bonds is 5. The lowest BCUT2D eigenvalue weighted by Gasteiger charge is -2.31. The minimum atomic E-state index is -4.40. The molecule has 5 aromatic rings. The highest BCUT2D eigenvalue weighted by Gasteiger charge is 2.31. The Morgan fingerprint density at radius 2 is 1.55 bits per heavy atom. The Kier molecular flexibility index (Phi) is 7.45. The first-order valence-corrected chi connectivity index (χ1v) is 14.7. The van der Waals surface area contributed by atoms with Crippen LogP contribution in [-0.2, 0) is 13.2 Å². The molecule has 6 rings (SSSR count). The van der Waals surface area contributed by atoms with E-state index in [4.69, 9.17) is 9.97 Å². The van der Waals surface area contributed by atoms with Gasteiger partial charge in [-0.05, 0) is 49.1 Å². The van der Waals surface area contributed by atoms with Crippen molar-refractivity contribution < 1.29 is 18.0 Å². The Labute approximate surface area is 246 Å². The van der Waals surface area contributed by atoms with E-state index < -0.39 is 11.7 Å². The first kappa shape index (κ1) is 27.9. The van der Waals surface area contributed by atoms with E-state index >= 15 is 0 Å². The Bertz CT molecular complexity index is 1720. The van der Waals surface area contributed by atoms with Crippen molar-refractivity contribution in [2.75, 3.05) is 13.1 Å². The van der Waals surface area contributed by atoms with Crippen LogP contribution in [0.3, 0.4) is 0 Å². The van der Waals surface area contributed by atoms with Gasteiger partial charge in [0.05, 0.1) is 16.3 Å².